The SMILES string of the molecule is CC1=[N+](CCCCS(=O)(=O)O)c2ccc(C(=O)O)cc2C1(C)C. The molecule has 0 radical (unpaired) electrons. The second-order valence-electron chi connectivity index (χ2n) is 6.39. The molecule has 1 aromatic rings. The molecule has 126 valence electrons. The van der Waals surface area contributed by atoms with Crippen LogP contribution in [0.25, 0.3) is 0 Å². The van der Waals surface area contributed by atoms with E-state index in [1.165, 1.54) is 0 Å². The third-order valence-corrected chi connectivity index (χ3v) is 5.36. The first kappa shape index (κ1) is 17.6. The van der Waals surface area contributed by atoms with E-state index in [2.05, 4.69) is 4.58 Å². The van der Waals surface area contributed by atoms with Crippen LogP contribution < -0.4 is 0 Å². The smallest absolute Gasteiger partial charge is 0.335 e. The van der Waals surface area contributed by atoms with Crippen LogP contribution in [0.4, 0.5) is 5.69 Å². The molecule has 0 atom stereocenters. The molecule has 23 heavy (non-hydrogen) atoms. The van der Waals surface area contributed by atoms with Crippen LogP contribution >= 0.6 is 0 Å². The van der Waals surface area contributed by atoms with Crippen LogP contribution in [0.2, 0.25) is 0 Å². The first-order valence-electron chi connectivity index (χ1n) is 7.48. The molecule has 0 aliphatic carbocycles. The number of carboxylic acid groups (broad SMARTS) is 1. The van der Waals surface area contributed by atoms with Crippen LogP contribution in [0.15, 0.2) is 18.2 Å². The molecule has 0 amide bonds. The van der Waals surface area contributed by atoms with E-state index in [4.69, 9.17) is 9.66 Å². The molecule has 0 fully saturated rings. The number of aromatic carboxylic acids is 1. The van der Waals surface area contributed by atoms with Gasteiger partial charge in [0.1, 0.15) is 6.54 Å². The predicted octanol–water partition coefficient (Wildman–Crippen LogP) is 2.45. The maximum atomic E-state index is 11.2. The highest BCUT2D eigenvalue weighted by atomic mass is 32.2. The number of hydrogen-bond acceptors (Lipinski definition) is 3. The van der Waals surface area contributed by atoms with Crippen molar-refractivity contribution in [1.29, 1.82) is 0 Å². The van der Waals surface area contributed by atoms with Crippen molar-refractivity contribution in [3.05, 3.63) is 29.3 Å². The third-order valence-electron chi connectivity index (χ3n) is 4.55. The summed E-state index contributed by atoms with van der Waals surface area (Å²) < 4.78 is 32.4. The first-order valence-corrected chi connectivity index (χ1v) is 9.09. The van der Waals surface area contributed by atoms with Gasteiger partial charge >= 0.3 is 5.97 Å². The zero-order chi connectivity index (χ0) is 17.4. The van der Waals surface area contributed by atoms with Crippen molar-refractivity contribution in [2.75, 3.05) is 12.3 Å². The lowest BCUT2D eigenvalue weighted by atomic mass is 9.81. The number of unbranched alkanes of at least 4 members (excludes halogenated alkanes) is 1. The second kappa shape index (κ2) is 6.05. The van der Waals surface area contributed by atoms with E-state index >= 15 is 0 Å². The average molecular weight is 340 g/mol. The number of carboxylic acids is 1. The van der Waals surface area contributed by atoms with Gasteiger partial charge in [0.15, 0.2) is 5.71 Å². The molecule has 7 heteroatoms. The highest BCUT2D eigenvalue weighted by Crippen LogP contribution is 2.40. The molecule has 0 spiro atoms. The van der Waals surface area contributed by atoms with Crippen LogP contribution in [-0.2, 0) is 15.5 Å². The molecule has 1 aliphatic rings. The van der Waals surface area contributed by atoms with E-state index in [-0.39, 0.29) is 16.7 Å². The van der Waals surface area contributed by atoms with Crippen LogP contribution in [-0.4, -0.2) is 46.6 Å². The summed E-state index contributed by atoms with van der Waals surface area (Å²) in [6.45, 7) is 6.73. The van der Waals surface area contributed by atoms with Gasteiger partial charge in [-0.05, 0) is 32.4 Å². The molecule has 0 saturated heterocycles. The zero-order valence-corrected chi connectivity index (χ0v) is 14.4. The summed E-state index contributed by atoms with van der Waals surface area (Å²) in [7, 11) is -3.92. The van der Waals surface area contributed by atoms with Crippen molar-refractivity contribution in [2.24, 2.45) is 0 Å². The van der Waals surface area contributed by atoms with Crippen LogP contribution in [0.5, 0.6) is 0 Å². The van der Waals surface area contributed by atoms with Crippen LogP contribution in [0.3, 0.4) is 0 Å². The summed E-state index contributed by atoms with van der Waals surface area (Å²) >= 11 is 0. The Hall–Kier alpha value is -1.73. The van der Waals surface area contributed by atoms with E-state index in [9.17, 15) is 13.2 Å². The van der Waals surface area contributed by atoms with Gasteiger partial charge in [0, 0.05) is 25.0 Å². The Morgan fingerprint density at radius 1 is 1.26 bits per heavy atom. The number of rotatable bonds is 6. The Balaban J connectivity index is 2.25. The zero-order valence-electron chi connectivity index (χ0n) is 13.5. The number of carbonyl (C=O) groups is 1. The molecule has 0 aromatic heterocycles. The fourth-order valence-corrected chi connectivity index (χ4v) is 3.53. The van der Waals surface area contributed by atoms with Crippen molar-refractivity contribution in [3.8, 4) is 0 Å². The molecule has 6 nitrogen and oxygen atoms in total. The van der Waals surface area contributed by atoms with E-state index in [1.54, 1.807) is 18.2 Å². The highest BCUT2D eigenvalue weighted by molar-refractivity contribution is 7.85. The first-order chi connectivity index (χ1) is 10.5. The Morgan fingerprint density at radius 2 is 1.91 bits per heavy atom. The van der Waals surface area contributed by atoms with Crippen LogP contribution in [0.1, 0.15) is 49.5 Å². The average Bonchev–Trinajstić information content (AvgIpc) is 2.62. The molecule has 1 aliphatic heterocycles. The molecule has 0 saturated carbocycles. The van der Waals surface area contributed by atoms with Gasteiger partial charge in [0.2, 0.25) is 5.69 Å². The quantitative estimate of drug-likeness (QED) is 0.471. The Bertz CT molecular complexity index is 778. The monoisotopic (exact) mass is 340 g/mol. The molecule has 0 unspecified atom stereocenters. The molecule has 0 bridgehead atoms. The summed E-state index contributed by atoms with van der Waals surface area (Å²) in [4.78, 5) is 11.2. The molecular formula is C16H22NO5S+. The Labute approximate surface area is 136 Å². The van der Waals surface area contributed by atoms with Gasteiger partial charge in [-0.2, -0.15) is 13.0 Å². The lowest BCUT2D eigenvalue weighted by Crippen LogP contribution is -2.27. The summed E-state index contributed by atoms with van der Waals surface area (Å²) in [5.74, 6) is -1.19. The van der Waals surface area contributed by atoms with E-state index in [1.807, 2.05) is 20.8 Å². The number of hydrogen-bond donors (Lipinski definition) is 2. The number of nitrogens with zero attached hydrogens (tertiary/aromatic N) is 1. The Morgan fingerprint density at radius 3 is 2.48 bits per heavy atom. The Kier molecular flexibility index (Phi) is 4.64. The third kappa shape index (κ3) is 3.61. The van der Waals surface area contributed by atoms with E-state index in [0.717, 1.165) is 17.0 Å². The summed E-state index contributed by atoms with van der Waals surface area (Å²) in [5, 5.41) is 9.17. The number of fused-ring (bicyclic) bond motifs is 1. The van der Waals surface area contributed by atoms with Crippen molar-refractivity contribution in [2.45, 2.75) is 39.0 Å². The summed E-state index contributed by atoms with van der Waals surface area (Å²) in [5.41, 5.74) is 3.01. The van der Waals surface area contributed by atoms with Gasteiger partial charge in [0.05, 0.1) is 16.7 Å². The summed E-state index contributed by atoms with van der Waals surface area (Å²) in [6, 6.07) is 5.10. The molecule has 1 aromatic carbocycles. The molecule has 2 N–H and O–H groups in total. The van der Waals surface area contributed by atoms with Crippen molar-refractivity contribution < 1.29 is 27.4 Å². The number of benzene rings is 1. The van der Waals surface area contributed by atoms with Gasteiger partial charge in [-0.25, -0.2) is 4.79 Å². The van der Waals surface area contributed by atoms with E-state index < -0.39 is 16.1 Å². The van der Waals surface area contributed by atoms with Gasteiger partial charge < -0.3 is 5.11 Å². The van der Waals surface area contributed by atoms with Crippen molar-refractivity contribution >= 4 is 27.5 Å². The van der Waals surface area contributed by atoms with Gasteiger partial charge in [-0.1, -0.05) is 0 Å². The van der Waals surface area contributed by atoms with Gasteiger partial charge in [-0.15, -0.1) is 0 Å². The summed E-state index contributed by atoms with van der Waals surface area (Å²) in [6.07, 6.45) is 0.999. The minimum Gasteiger partial charge on any atom is -0.478 e. The van der Waals surface area contributed by atoms with Crippen molar-refractivity contribution in [3.63, 3.8) is 0 Å². The molecule has 2 rings (SSSR count). The second-order valence-corrected chi connectivity index (χ2v) is 7.96. The molecular weight excluding hydrogens is 318 g/mol. The standard InChI is InChI=1S/C16H21NO5S/c1-11-16(2,3)13-10-12(15(18)19)6-7-14(13)17(11)8-4-5-9-23(20,21)22/h6-7,10H,4-5,8-9H2,1-3H3,(H-,18,19,20,21,22)/p+1. The minimum atomic E-state index is -3.92. The topological polar surface area (TPSA) is 94.7 Å². The lowest BCUT2D eigenvalue weighted by molar-refractivity contribution is -0.439. The fourth-order valence-electron chi connectivity index (χ4n) is 2.96. The van der Waals surface area contributed by atoms with Crippen molar-refractivity contribution in [1.82, 2.24) is 0 Å². The lowest BCUT2D eigenvalue weighted by Gasteiger charge is -2.15. The minimum absolute atomic E-state index is 0.242. The van der Waals surface area contributed by atoms with Gasteiger partial charge in [0.25, 0.3) is 10.1 Å². The van der Waals surface area contributed by atoms with E-state index in [0.29, 0.717) is 19.4 Å². The predicted molar refractivity (Wildman–Crippen MR) is 87.5 cm³/mol. The maximum absolute atomic E-state index is 11.2. The maximum Gasteiger partial charge on any atom is 0.335 e. The highest BCUT2D eigenvalue weighted by Gasteiger charge is 2.43. The van der Waals surface area contributed by atoms with Crippen LogP contribution in [0, 0.1) is 0 Å². The fraction of sp³-hybridized carbons (Fsp3) is 0.500. The molecule has 1 heterocycles. The largest absolute Gasteiger partial charge is 0.478 e. The normalized spacial score (nSPS) is 16.5. The van der Waals surface area contributed by atoms with Gasteiger partial charge in [-0.3, -0.25) is 4.55 Å².